The van der Waals surface area contributed by atoms with E-state index < -0.39 is 16.1 Å². The Balaban J connectivity index is 1.64. The number of nitrogens with one attached hydrogen (secondary N) is 1. The lowest BCUT2D eigenvalue weighted by molar-refractivity contribution is 0.205. The number of nitrogens with zero attached hydrogens (tertiary/aromatic N) is 1. The summed E-state index contributed by atoms with van der Waals surface area (Å²) in [5, 5.41) is 0.454. The number of urea groups is 1. The summed E-state index contributed by atoms with van der Waals surface area (Å²) in [6, 6.07) is 5.27. The Morgan fingerprint density at radius 3 is 2.08 bits per heavy atom. The second-order valence-corrected chi connectivity index (χ2v) is 8.85. The highest BCUT2D eigenvalue weighted by atomic mass is 35.5. The number of carbonyl (C=O) groups excluding carboxylic acids is 1. The molecule has 1 saturated heterocycles. The molecule has 2 amide bonds. The Bertz CT molecular complexity index is 674. The van der Waals surface area contributed by atoms with Crippen LogP contribution in [0.4, 0.5) is 4.79 Å². The molecule has 24 heavy (non-hydrogen) atoms. The van der Waals surface area contributed by atoms with E-state index in [0.717, 1.165) is 12.8 Å². The molecule has 5 nitrogen and oxygen atoms in total. The third-order valence-corrected chi connectivity index (χ3v) is 6.83. The van der Waals surface area contributed by atoms with E-state index in [-0.39, 0.29) is 4.90 Å². The molecule has 2 atom stereocenters. The van der Waals surface area contributed by atoms with Crippen molar-refractivity contribution in [1.29, 1.82) is 0 Å². The van der Waals surface area contributed by atoms with Crippen LogP contribution in [0.3, 0.4) is 0 Å². The van der Waals surface area contributed by atoms with Gasteiger partial charge in [0.15, 0.2) is 0 Å². The Labute approximate surface area is 148 Å². The normalized spacial score (nSPS) is 24.8. The van der Waals surface area contributed by atoms with Gasteiger partial charge < -0.3 is 4.90 Å². The van der Waals surface area contributed by atoms with E-state index in [2.05, 4.69) is 4.72 Å². The second kappa shape index (κ2) is 7.31. The van der Waals surface area contributed by atoms with Crippen LogP contribution in [-0.4, -0.2) is 32.4 Å². The Morgan fingerprint density at radius 2 is 1.54 bits per heavy atom. The number of carbonyl (C=O) groups is 1. The number of hydrogen-bond acceptors (Lipinski definition) is 3. The third kappa shape index (κ3) is 4.03. The van der Waals surface area contributed by atoms with Crippen LogP contribution < -0.4 is 4.72 Å². The molecule has 1 N–H and O–H groups in total. The summed E-state index contributed by atoms with van der Waals surface area (Å²) in [6.45, 7) is 1.26. The zero-order valence-corrected chi connectivity index (χ0v) is 15.2. The topological polar surface area (TPSA) is 66.5 Å². The molecule has 1 saturated carbocycles. The first-order valence-electron chi connectivity index (χ1n) is 8.53. The number of benzene rings is 1. The minimum Gasteiger partial charge on any atom is -0.324 e. The minimum absolute atomic E-state index is 0.0451. The summed E-state index contributed by atoms with van der Waals surface area (Å²) in [7, 11) is -3.86. The fourth-order valence-electron chi connectivity index (χ4n) is 3.85. The number of amides is 2. The summed E-state index contributed by atoms with van der Waals surface area (Å²) in [5.74, 6) is 1.37. The monoisotopic (exact) mass is 370 g/mol. The van der Waals surface area contributed by atoms with Crippen molar-refractivity contribution in [2.75, 3.05) is 13.1 Å². The SMILES string of the molecule is O=C(NS(=O)(=O)c1ccc(Cl)cc1)N1CCC2CCCCC2CC1. The van der Waals surface area contributed by atoms with E-state index in [1.165, 1.54) is 49.9 Å². The smallest absolute Gasteiger partial charge is 0.324 e. The van der Waals surface area contributed by atoms with E-state index in [9.17, 15) is 13.2 Å². The summed E-state index contributed by atoms with van der Waals surface area (Å²) in [5.41, 5.74) is 0. The molecule has 0 spiro atoms. The van der Waals surface area contributed by atoms with E-state index in [1.807, 2.05) is 0 Å². The molecular weight excluding hydrogens is 348 g/mol. The maximum Gasteiger partial charge on any atom is 0.331 e. The van der Waals surface area contributed by atoms with Gasteiger partial charge in [-0.3, -0.25) is 0 Å². The molecule has 1 aliphatic carbocycles. The molecule has 7 heteroatoms. The minimum atomic E-state index is -3.86. The molecule has 1 heterocycles. The number of fused-ring (bicyclic) bond motifs is 1. The molecule has 3 rings (SSSR count). The number of hydrogen-bond donors (Lipinski definition) is 1. The quantitative estimate of drug-likeness (QED) is 0.864. The van der Waals surface area contributed by atoms with Crippen molar-refractivity contribution in [3.05, 3.63) is 29.3 Å². The lowest BCUT2D eigenvalue weighted by atomic mass is 9.77. The molecule has 0 aromatic heterocycles. The van der Waals surface area contributed by atoms with Gasteiger partial charge in [0.25, 0.3) is 10.0 Å². The third-order valence-electron chi connectivity index (χ3n) is 5.24. The summed E-state index contributed by atoms with van der Waals surface area (Å²) in [4.78, 5) is 14.1. The van der Waals surface area contributed by atoms with Crippen LogP contribution in [-0.2, 0) is 10.0 Å². The number of rotatable bonds is 2. The van der Waals surface area contributed by atoms with Crippen molar-refractivity contribution in [2.45, 2.75) is 43.4 Å². The van der Waals surface area contributed by atoms with Crippen molar-refractivity contribution in [3.63, 3.8) is 0 Å². The van der Waals surface area contributed by atoms with Gasteiger partial charge in [0.1, 0.15) is 0 Å². The number of sulfonamides is 1. The number of likely N-dealkylation sites (tertiary alicyclic amines) is 1. The average Bonchev–Trinajstić information content (AvgIpc) is 2.77. The Kier molecular flexibility index (Phi) is 5.35. The van der Waals surface area contributed by atoms with Gasteiger partial charge in [-0.2, -0.15) is 0 Å². The van der Waals surface area contributed by atoms with Gasteiger partial charge in [0.05, 0.1) is 4.90 Å². The van der Waals surface area contributed by atoms with E-state index >= 15 is 0 Å². The fourth-order valence-corrected chi connectivity index (χ4v) is 4.95. The van der Waals surface area contributed by atoms with Crippen LogP contribution in [0.15, 0.2) is 29.2 Å². The van der Waals surface area contributed by atoms with Crippen molar-refractivity contribution in [1.82, 2.24) is 9.62 Å². The van der Waals surface area contributed by atoms with Gasteiger partial charge in [0.2, 0.25) is 0 Å². The van der Waals surface area contributed by atoms with Crippen LogP contribution in [0.5, 0.6) is 0 Å². The lowest BCUT2D eigenvalue weighted by Gasteiger charge is -2.29. The van der Waals surface area contributed by atoms with Gasteiger partial charge >= 0.3 is 6.03 Å². The highest BCUT2D eigenvalue weighted by molar-refractivity contribution is 7.90. The van der Waals surface area contributed by atoms with E-state index in [1.54, 1.807) is 4.90 Å². The van der Waals surface area contributed by atoms with E-state index in [0.29, 0.717) is 29.9 Å². The first-order valence-corrected chi connectivity index (χ1v) is 10.4. The van der Waals surface area contributed by atoms with Crippen LogP contribution in [0.25, 0.3) is 0 Å². The molecule has 132 valence electrons. The Hall–Kier alpha value is -1.27. The molecule has 0 bridgehead atoms. The zero-order valence-electron chi connectivity index (χ0n) is 13.6. The van der Waals surface area contributed by atoms with Crippen LogP contribution in [0.1, 0.15) is 38.5 Å². The lowest BCUT2D eigenvalue weighted by Crippen LogP contribution is -2.43. The molecule has 1 aromatic carbocycles. The maximum absolute atomic E-state index is 12.4. The molecular formula is C17H23ClN2O3S. The van der Waals surface area contributed by atoms with Crippen molar-refractivity contribution in [2.24, 2.45) is 11.8 Å². The second-order valence-electron chi connectivity index (χ2n) is 6.73. The van der Waals surface area contributed by atoms with Gasteiger partial charge in [-0.05, 0) is 48.9 Å². The highest BCUT2D eigenvalue weighted by Gasteiger charge is 2.31. The van der Waals surface area contributed by atoms with Gasteiger partial charge in [-0.25, -0.2) is 17.9 Å². The van der Waals surface area contributed by atoms with Crippen molar-refractivity contribution < 1.29 is 13.2 Å². The van der Waals surface area contributed by atoms with Crippen LogP contribution >= 0.6 is 11.6 Å². The van der Waals surface area contributed by atoms with Gasteiger partial charge in [-0.1, -0.05) is 37.3 Å². The van der Waals surface area contributed by atoms with Gasteiger partial charge in [-0.15, -0.1) is 0 Å². The molecule has 1 aromatic rings. The first kappa shape index (κ1) is 17.5. The van der Waals surface area contributed by atoms with Crippen LogP contribution in [0, 0.1) is 11.8 Å². The zero-order chi connectivity index (χ0) is 17.2. The molecule has 1 aliphatic heterocycles. The fraction of sp³-hybridized carbons (Fsp3) is 0.588. The standard InChI is InChI=1S/C17H23ClN2O3S/c18-15-5-7-16(8-6-15)24(22,23)19-17(21)20-11-9-13-3-1-2-4-14(13)10-12-20/h5-8,13-14H,1-4,9-12H2,(H,19,21). The van der Waals surface area contributed by atoms with E-state index in [4.69, 9.17) is 11.6 Å². The Morgan fingerprint density at radius 1 is 1.00 bits per heavy atom. The first-order chi connectivity index (χ1) is 11.5. The van der Waals surface area contributed by atoms with Gasteiger partial charge in [0, 0.05) is 18.1 Å². The van der Waals surface area contributed by atoms with Crippen molar-refractivity contribution in [3.8, 4) is 0 Å². The highest BCUT2D eigenvalue weighted by Crippen LogP contribution is 2.36. The summed E-state index contributed by atoms with van der Waals surface area (Å²) < 4.78 is 26.9. The average molecular weight is 371 g/mol. The summed E-state index contributed by atoms with van der Waals surface area (Å²) >= 11 is 5.78. The summed E-state index contributed by atoms with van der Waals surface area (Å²) in [6.07, 6.45) is 6.97. The number of halogens is 1. The molecule has 2 aliphatic rings. The molecule has 2 fully saturated rings. The predicted octanol–water partition coefficient (Wildman–Crippen LogP) is 3.64. The largest absolute Gasteiger partial charge is 0.331 e. The van der Waals surface area contributed by atoms with Crippen molar-refractivity contribution >= 4 is 27.7 Å². The molecule has 0 radical (unpaired) electrons. The predicted molar refractivity (Wildman–Crippen MR) is 93.4 cm³/mol. The maximum atomic E-state index is 12.4. The van der Waals surface area contributed by atoms with Crippen LogP contribution in [0.2, 0.25) is 5.02 Å². The molecule has 2 unspecified atom stereocenters.